The highest BCUT2D eigenvalue weighted by Gasteiger charge is 2.33. The van der Waals surface area contributed by atoms with E-state index in [0.29, 0.717) is 5.75 Å². The smallest absolute Gasteiger partial charge is 0.326 e. The number of alkyl halides is 3. The summed E-state index contributed by atoms with van der Waals surface area (Å²) in [6.45, 7) is 0. The number of carbonyl (C=O) groups excluding carboxylic acids is 1. The number of hydrogen-bond donors (Lipinski definition) is 2. The molecule has 0 saturated carbocycles. The van der Waals surface area contributed by atoms with Gasteiger partial charge in [-0.25, -0.2) is 0 Å². The second kappa shape index (κ2) is 7.59. The van der Waals surface area contributed by atoms with E-state index in [2.05, 4.69) is 15.5 Å². The molecule has 136 valence electrons. The van der Waals surface area contributed by atoms with Gasteiger partial charge >= 0.3 is 6.18 Å². The summed E-state index contributed by atoms with van der Waals surface area (Å²) in [4.78, 5) is 12.9. The summed E-state index contributed by atoms with van der Waals surface area (Å²) in [5.74, 6) is 0.126. The van der Waals surface area contributed by atoms with Crippen LogP contribution in [0.1, 0.15) is 12.0 Å². The number of nitrogens with one attached hydrogen (secondary N) is 2. The second-order valence-corrected chi connectivity index (χ2v) is 7.03. The van der Waals surface area contributed by atoms with Crippen LogP contribution < -0.4 is 5.32 Å². The highest BCUT2D eigenvalue weighted by atomic mass is 35.5. The normalized spacial score (nSPS) is 11.7. The molecule has 1 aromatic heterocycles. The number of carbonyl (C=O) groups is 1. The first-order valence-electron chi connectivity index (χ1n) is 7.55. The molecule has 0 saturated heterocycles. The summed E-state index contributed by atoms with van der Waals surface area (Å²) in [6.07, 6.45) is -2.69. The minimum atomic E-state index is -4.57. The number of anilines is 1. The molecule has 2 N–H and O–H groups in total. The van der Waals surface area contributed by atoms with E-state index in [0.717, 1.165) is 27.9 Å². The van der Waals surface area contributed by atoms with Crippen LogP contribution in [0, 0.1) is 0 Å². The number of H-pyrrole nitrogens is 1. The Balaban J connectivity index is 1.55. The molecule has 0 bridgehead atoms. The van der Waals surface area contributed by atoms with Crippen LogP contribution in [0.2, 0.25) is 5.02 Å². The van der Waals surface area contributed by atoms with Crippen LogP contribution >= 0.6 is 23.4 Å². The number of hydrogen-bond acceptors (Lipinski definition) is 3. The van der Waals surface area contributed by atoms with Gasteiger partial charge in [-0.2, -0.15) is 18.3 Å². The number of nitrogens with zero attached hydrogens (tertiary/aromatic N) is 1. The Hall–Kier alpha value is -2.19. The standard InChI is InChI=1S/C17H13ClF3N3OS/c18-14-4-2-11(7-13(14)17(19,20)21)23-16(25)5-6-26-12-3-1-10-9-22-24-15(10)8-12/h1-4,7-9H,5-6H2,(H,22,24)(H,23,25). The van der Waals surface area contributed by atoms with Crippen molar-refractivity contribution in [1.29, 1.82) is 0 Å². The van der Waals surface area contributed by atoms with Crippen LogP contribution in [0.3, 0.4) is 0 Å². The van der Waals surface area contributed by atoms with Crippen LogP contribution in [0.25, 0.3) is 10.9 Å². The van der Waals surface area contributed by atoms with Gasteiger partial charge in [-0.15, -0.1) is 11.8 Å². The molecule has 0 atom stereocenters. The summed E-state index contributed by atoms with van der Waals surface area (Å²) in [7, 11) is 0. The van der Waals surface area contributed by atoms with Crippen molar-refractivity contribution < 1.29 is 18.0 Å². The monoisotopic (exact) mass is 399 g/mol. The average Bonchev–Trinajstić information content (AvgIpc) is 3.03. The van der Waals surface area contributed by atoms with Gasteiger partial charge < -0.3 is 5.32 Å². The number of benzene rings is 2. The zero-order valence-electron chi connectivity index (χ0n) is 13.2. The van der Waals surface area contributed by atoms with Gasteiger partial charge in [0.1, 0.15) is 0 Å². The molecule has 0 spiro atoms. The molecular weight excluding hydrogens is 387 g/mol. The largest absolute Gasteiger partial charge is 0.417 e. The van der Waals surface area contributed by atoms with E-state index in [9.17, 15) is 18.0 Å². The predicted molar refractivity (Wildman–Crippen MR) is 96.5 cm³/mol. The lowest BCUT2D eigenvalue weighted by molar-refractivity contribution is -0.137. The van der Waals surface area contributed by atoms with Crippen molar-refractivity contribution in [1.82, 2.24) is 10.2 Å². The van der Waals surface area contributed by atoms with Crippen LogP contribution in [-0.2, 0) is 11.0 Å². The van der Waals surface area contributed by atoms with Gasteiger partial charge in [-0.1, -0.05) is 17.7 Å². The minimum Gasteiger partial charge on any atom is -0.326 e. The van der Waals surface area contributed by atoms with E-state index >= 15 is 0 Å². The van der Waals surface area contributed by atoms with Gasteiger partial charge in [0.2, 0.25) is 5.91 Å². The Labute approximate surface area is 156 Å². The quantitative estimate of drug-likeness (QED) is 0.568. The van der Waals surface area contributed by atoms with Crippen molar-refractivity contribution in [2.75, 3.05) is 11.1 Å². The summed E-state index contributed by atoms with van der Waals surface area (Å²) in [6, 6.07) is 9.07. The number of halogens is 4. The van der Waals surface area contributed by atoms with Crippen molar-refractivity contribution in [3.63, 3.8) is 0 Å². The fourth-order valence-corrected chi connectivity index (χ4v) is 3.42. The van der Waals surface area contributed by atoms with Crippen molar-refractivity contribution in [3.8, 4) is 0 Å². The van der Waals surface area contributed by atoms with Crippen LogP contribution in [0.15, 0.2) is 47.5 Å². The molecule has 0 aliphatic rings. The number of fused-ring (bicyclic) bond motifs is 1. The van der Waals surface area contributed by atoms with E-state index in [4.69, 9.17) is 11.6 Å². The molecule has 0 radical (unpaired) electrons. The maximum atomic E-state index is 12.8. The SMILES string of the molecule is O=C(CCSc1ccc2cn[nH]c2c1)Nc1ccc(Cl)c(C(F)(F)F)c1. The van der Waals surface area contributed by atoms with Crippen molar-refractivity contribution in [3.05, 3.63) is 53.2 Å². The molecule has 0 aliphatic heterocycles. The topological polar surface area (TPSA) is 57.8 Å². The molecule has 1 amide bonds. The fraction of sp³-hybridized carbons (Fsp3) is 0.176. The Morgan fingerprint density at radius 2 is 2.04 bits per heavy atom. The molecule has 1 heterocycles. The fourth-order valence-electron chi connectivity index (χ4n) is 2.31. The zero-order valence-corrected chi connectivity index (χ0v) is 14.8. The summed E-state index contributed by atoms with van der Waals surface area (Å²) >= 11 is 7.04. The van der Waals surface area contributed by atoms with Crippen LogP contribution in [0.4, 0.5) is 18.9 Å². The van der Waals surface area contributed by atoms with Crippen LogP contribution in [-0.4, -0.2) is 21.9 Å². The Kier molecular flexibility index (Phi) is 5.43. The Bertz CT molecular complexity index is 942. The number of aromatic amines is 1. The van der Waals surface area contributed by atoms with Crippen molar-refractivity contribution in [2.45, 2.75) is 17.5 Å². The molecule has 3 rings (SSSR count). The molecule has 0 fully saturated rings. The first kappa shape index (κ1) is 18.6. The third kappa shape index (κ3) is 4.50. The summed E-state index contributed by atoms with van der Waals surface area (Å²) < 4.78 is 38.5. The number of aromatic nitrogens is 2. The first-order chi connectivity index (χ1) is 12.3. The Morgan fingerprint density at radius 3 is 2.81 bits per heavy atom. The van der Waals surface area contributed by atoms with E-state index in [1.165, 1.54) is 17.8 Å². The van der Waals surface area contributed by atoms with E-state index in [1.54, 1.807) is 6.20 Å². The number of rotatable bonds is 5. The third-order valence-corrected chi connectivity index (χ3v) is 4.89. The third-order valence-electron chi connectivity index (χ3n) is 3.57. The maximum Gasteiger partial charge on any atom is 0.417 e. The molecule has 9 heteroatoms. The van der Waals surface area contributed by atoms with Gasteiger partial charge in [-0.05, 0) is 30.3 Å². The highest BCUT2D eigenvalue weighted by Crippen LogP contribution is 2.36. The second-order valence-electron chi connectivity index (χ2n) is 5.46. The van der Waals surface area contributed by atoms with E-state index in [1.807, 2.05) is 18.2 Å². The molecular formula is C17H13ClF3N3OS. The average molecular weight is 400 g/mol. The van der Waals surface area contributed by atoms with E-state index < -0.39 is 16.8 Å². The summed E-state index contributed by atoms with van der Waals surface area (Å²) in [5.41, 5.74) is -0.00454. The van der Waals surface area contributed by atoms with Crippen LogP contribution in [0.5, 0.6) is 0 Å². The molecule has 0 aliphatic carbocycles. The van der Waals surface area contributed by atoms with Crippen molar-refractivity contribution in [2.24, 2.45) is 0 Å². The molecule has 2 aromatic carbocycles. The lowest BCUT2D eigenvalue weighted by Gasteiger charge is -2.11. The van der Waals surface area contributed by atoms with Gasteiger partial charge in [-0.3, -0.25) is 9.89 Å². The number of amides is 1. The van der Waals surface area contributed by atoms with Gasteiger partial charge in [0.15, 0.2) is 0 Å². The Morgan fingerprint density at radius 1 is 1.23 bits per heavy atom. The van der Waals surface area contributed by atoms with Crippen molar-refractivity contribution >= 4 is 45.9 Å². The zero-order chi connectivity index (χ0) is 18.7. The van der Waals surface area contributed by atoms with Gasteiger partial charge in [0, 0.05) is 28.1 Å². The maximum absolute atomic E-state index is 12.8. The van der Waals surface area contributed by atoms with E-state index in [-0.39, 0.29) is 18.0 Å². The number of thioether (sulfide) groups is 1. The molecule has 4 nitrogen and oxygen atoms in total. The minimum absolute atomic E-state index is 0.0654. The predicted octanol–water partition coefficient (Wildman–Crippen LogP) is 5.36. The lowest BCUT2D eigenvalue weighted by atomic mass is 10.2. The first-order valence-corrected chi connectivity index (χ1v) is 8.92. The van der Waals surface area contributed by atoms with Gasteiger partial charge in [0.05, 0.1) is 22.3 Å². The lowest BCUT2D eigenvalue weighted by Crippen LogP contribution is -2.13. The van der Waals surface area contributed by atoms with Gasteiger partial charge in [0.25, 0.3) is 0 Å². The molecule has 3 aromatic rings. The summed E-state index contributed by atoms with van der Waals surface area (Å²) in [5, 5.41) is 9.87. The molecule has 26 heavy (non-hydrogen) atoms. The highest BCUT2D eigenvalue weighted by molar-refractivity contribution is 7.99. The molecule has 0 unspecified atom stereocenters.